The van der Waals surface area contributed by atoms with Gasteiger partial charge in [-0.05, 0) is 27.9 Å². The molecule has 0 N–H and O–H groups in total. The zero-order valence-corrected chi connectivity index (χ0v) is 13.2. The standard InChI is InChI=1S/C15H24F2Si/c1-10(2)18(11(3)4,12(5)6)14-9-7-8-13(16)15(14)17/h7-12H,1-6H3. The molecule has 0 aliphatic heterocycles. The van der Waals surface area contributed by atoms with E-state index in [0.29, 0.717) is 21.8 Å². The van der Waals surface area contributed by atoms with E-state index in [1.165, 1.54) is 6.07 Å². The molecule has 0 aromatic heterocycles. The van der Waals surface area contributed by atoms with E-state index in [1.54, 1.807) is 12.1 Å². The van der Waals surface area contributed by atoms with Crippen molar-refractivity contribution in [2.45, 2.75) is 58.2 Å². The molecule has 0 fully saturated rings. The molecule has 0 nitrogen and oxygen atoms in total. The van der Waals surface area contributed by atoms with Crippen LogP contribution in [0, 0.1) is 11.6 Å². The van der Waals surface area contributed by atoms with Gasteiger partial charge in [-0.1, -0.05) is 53.7 Å². The molecule has 1 aromatic carbocycles. The van der Waals surface area contributed by atoms with Crippen LogP contribution in [0.1, 0.15) is 41.5 Å². The molecule has 3 heteroatoms. The van der Waals surface area contributed by atoms with Crippen LogP contribution in [-0.2, 0) is 0 Å². The summed E-state index contributed by atoms with van der Waals surface area (Å²) in [5, 5.41) is 0.655. The summed E-state index contributed by atoms with van der Waals surface area (Å²) in [7, 11) is -2.09. The van der Waals surface area contributed by atoms with Crippen LogP contribution in [0.3, 0.4) is 0 Å². The molecule has 0 bridgehead atoms. The van der Waals surface area contributed by atoms with Gasteiger partial charge < -0.3 is 0 Å². The van der Waals surface area contributed by atoms with E-state index in [9.17, 15) is 8.78 Å². The van der Waals surface area contributed by atoms with Gasteiger partial charge in [0.2, 0.25) is 0 Å². The van der Waals surface area contributed by atoms with Crippen LogP contribution >= 0.6 is 0 Å². The molecule has 0 radical (unpaired) electrons. The van der Waals surface area contributed by atoms with E-state index in [0.717, 1.165) is 0 Å². The quantitative estimate of drug-likeness (QED) is 0.686. The third-order valence-electron chi connectivity index (χ3n) is 4.28. The van der Waals surface area contributed by atoms with Gasteiger partial charge in [0, 0.05) is 0 Å². The monoisotopic (exact) mass is 270 g/mol. The minimum atomic E-state index is -2.09. The Kier molecular flexibility index (Phi) is 4.70. The summed E-state index contributed by atoms with van der Waals surface area (Å²) in [5.41, 5.74) is 1.15. The fraction of sp³-hybridized carbons (Fsp3) is 0.600. The number of rotatable bonds is 4. The predicted octanol–water partition coefficient (Wildman–Crippen LogP) is 4.85. The van der Waals surface area contributed by atoms with E-state index in [1.807, 2.05) is 0 Å². The first-order valence-corrected chi connectivity index (χ1v) is 8.93. The van der Waals surface area contributed by atoms with Crippen molar-refractivity contribution in [3.63, 3.8) is 0 Å². The molecule has 18 heavy (non-hydrogen) atoms. The van der Waals surface area contributed by atoms with Crippen molar-refractivity contribution in [3.05, 3.63) is 29.8 Å². The van der Waals surface area contributed by atoms with E-state index >= 15 is 0 Å². The molecular formula is C15H24F2Si. The van der Waals surface area contributed by atoms with Crippen LogP contribution in [0.25, 0.3) is 0 Å². The van der Waals surface area contributed by atoms with Gasteiger partial charge in [-0.25, -0.2) is 8.78 Å². The molecule has 0 atom stereocenters. The fourth-order valence-corrected chi connectivity index (χ4v) is 10.5. The third kappa shape index (κ3) is 2.25. The molecular weight excluding hydrogens is 246 g/mol. The van der Waals surface area contributed by atoms with Gasteiger partial charge >= 0.3 is 0 Å². The highest BCUT2D eigenvalue weighted by Gasteiger charge is 2.46. The van der Waals surface area contributed by atoms with Crippen LogP contribution in [-0.4, -0.2) is 8.07 Å². The molecule has 1 aromatic rings. The Bertz CT molecular complexity index is 389. The Hall–Kier alpha value is -0.703. The van der Waals surface area contributed by atoms with E-state index in [-0.39, 0.29) is 0 Å². The van der Waals surface area contributed by atoms with Crippen LogP contribution in [0.15, 0.2) is 18.2 Å². The number of benzene rings is 1. The van der Waals surface area contributed by atoms with Crippen LogP contribution in [0.4, 0.5) is 8.78 Å². The lowest BCUT2D eigenvalue weighted by atomic mass is 10.3. The molecule has 0 unspecified atom stereocenters. The zero-order chi connectivity index (χ0) is 14.1. The summed E-state index contributed by atoms with van der Waals surface area (Å²) in [5.74, 6) is -1.34. The lowest BCUT2D eigenvalue weighted by molar-refractivity contribution is 0.512. The molecule has 0 aliphatic rings. The molecule has 0 spiro atoms. The number of hydrogen-bond donors (Lipinski definition) is 0. The van der Waals surface area contributed by atoms with E-state index in [2.05, 4.69) is 41.5 Å². The van der Waals surface area contributed by atoms with Crippen molar-refractivity contribution >= 4 is 13.3 Å². The summed E-state index contributed by atoms with van der Waals surface area (Å²) in [4.78, 5) is 0. The maximum atomic E-state index is 14.2. The van der Waals surface area contributed by atoms with Crippen LogP contribution in [0.2, 0.25) is 16.6 Å². The summed E-state index contributed by atoms with van der Waals surface area (Å²) < 4.78 is 27.8. The first-order chi connectivity index (χ1) is 8.26. The molecule has 0 heterocycles. The van der Waals surface area contributed by atoms with Gasteiger partial charge in [-0.15, -0.1) is 0 Å². The summed E-state index contributed by atoms with van der Waals surface area (Å²) in [6.45, 7) is 12.9. The lowest BCUT2D eigenvalue weighted by Crippen LogP contribution is -2.57. The summed E-state index contributed by atoms with van der Waals surface area (Å²) in [6, 6.07) is 4.65. The first-order valence-electron chi connectivity index (χ1n) is 6.70. The Labute approximate surface area is 110 Å². The Morgan fingerprint density at radius 1 is 0.833 bits per heavy atom. The maximum Gasteiger partial charge on any atom is 0.158 e. The molecule has 0 aliphatic carbocycles. The fourth-order valence-electron chi connectivity index (χ4n) is 3.77. The smallest absolute Gasteiger partial charge is 0.158 e. The molecule has 0 saturated carbocycles. The topological polar surface area (TPSA) is 0 Å². The molecule has 102 valence electrons. The summed E-state index contributed by atoms with van der Waals surface area (Å²) in [6.07, 6.45) is 0. The van der Waals surface area contributed by atoms with Crippen molar-refractivity contribution in [2.75, 3.05) is 0 Å². The Morgan fingerprint density at radius 3 is 1.67 bits per heavy atom. The van der Waals surface area contributed by atoms with Crippen molar-refractivity contribution in [3.8, 4) is 0 Å². The maximum absolute atomic E-state index is 14.2. The highest BCUT2D eigenvalue weighted by molar-refractivity contribution is 6.95. The minimum absolute atomic E-state index is 0.383. The van der Waals surface area contributed by atoms with Gasteiger partial charge in [0.25, 0.3) is 0 Å². The third-order valence-corrected chi connectivity index (χ3v) is 11.3. The van der Waals surface area contributed by atoms with E-state index < -0.39 is 19.7 Å². The highest BCUT2D eigenvalue weighted by Crippen LogP contribution is 2.41. The van der Waals surface area contributed by atoms with E-state index in [4.69, 9.17) is 0 Å². The Balaban J connectivity index is 3.57. The van der Waals surface area contributed by atoms with Crippen molar-refractivity contribution < 1.29 is 8.78 Å². The normalized spacial score (nSPS) is 12.8. The number of hydrogen-bond acceptors (Lipinski definition) is 0. The van der Waals surface area contributed by atoms with Crippen LogP contribution in [0.5, 0.6) is 0 Å². The second-order valence-electron chi connectivity index (χ2n) is 6.00. The van der Waals surface area contributed by atoms with Crippen LogP contribution < -0.4 is 5.19 Å². The minimum Gasteiger partial charge on any atom is -0.204 e. The SMILES string of the molecule is CC(C)[Si](c1cccc(F)c1F)(C(C)C)C(C)C. The first kappa shape index (κ1) is 15.4. The van der Waals surface area contributed by atoms with Gasteiger partial charge in [0.1, 0.15) is 0 Å². The van der Waals surface area contributed by atoms with Crippen molar-refractivity contribution in [1.82, 2.24) is 0 Å². The second kappa shape index (κ2) is 5.51. The van der Waals surface area contributed by atoms with Crippen molar-refractivity contribution in [1.29, 1.82) is 0 Å². The zero-order valence-electron chi connectivity index (χ0n) is 12.2. The van der Waals surface area contributed by atoms with Gasteiger partial charge in [-0.2, -0.15) is 0 Å². The highest BCUT2D eigenvalue weighted by atomic mass is 28.3. The van der Waals surface area contributed by atoms with Gasteiger partial charge in [0.05, 0.1) is 8.07 Å². The molecule has 1 rings (SSSR count). The van der Waals surface area contributed by atoms with Crippen molar-refractivity contribution in [2.24, 2.45) is 0 Å². The Morgan fingerprint density at radius 2 is 1.28 bits per heavy atom. The lowest BCUT2D eigenvalue weighted by Gasteiger charge is -2.43. The number of halogens is 2. The average molecular weight is 270 g/mol. The van der Waals surface area contributed by atoms with Gasteiger partial charge in [-0.3, -0.25) is 0 Å². The molecule has 0 saturated heterocycles. The second-order valence-corrected chi connectivity index (χ2v) is 11.9. The largest absolute Gasteiger partial charge is 0.204 e. The molecule has 0 amide bonds. The predicted molar refractivity (Wildman–Crippen MR) is 77.0 cm³/mol. The summed E-state index contributed by atoms with van der Waals surface area (Å²) >= 11 is 0. The average Bonchev–Trinajstić information content (AvgIpc) is 2.23. The van der Waals surface area contributed by atoms with Gasteiger partial charge in [0.15, 0.2) is 11.6 Å².